The molecule has 0 saturated carbocycles. The molecule has 2 heterocycles. The Balaban J connectivity index is 1.94. The van der Waals surface area contributed by atoms with Crippen LogP contribution in [0.15, 0.2) is 42.7 Å². The molecule has 0 fully saturated rings. The zero-order valence-corrected chi connectivity index (χ0v) is 9.43. The van der Waals surface area contributed by atoms with E-state index in [0.717, 1.165) is 17.4 Å². The van der Waals surface area contributed by atoms with Crippen LogP contribution in [0, 0.1) is 5.82 Å². The second-order valence-corrected chi connectivity index (χ2v) is 4.00. The lowest BCUT2D eigenvalue weighted by atomic mass is 10.2. The number of hydrazine groups is 1. The number of halogens is 1. The number of carbonyl (C=O) groups excluding carboxylic acids is 1. The SMILES string of the molecule is O=C1Cc2ccccc2N1Nc1ccncc1F. The number of nitrogens with one attached hydrogen (secondary N) is 1. The predicted octanol–water partition coefficient (Wildman–Crippen LogP) is 2.14. The van der Waals surface area contributed by atoms with E-state index in [1.165, 1.54) is 17.3 Å². The zero-order chi connectivity index (χ0) is 12.5. The third kappa shape index (κ3) is 1.69. The van der Waals surface area contributed by atoms with Gasteiger partial charge in [0.2, 0.25) is 5.91 Å². The summed E-state index contributed by atoms with van der Waals surface area (Å²) in [6, 6.07) is 8.92. The maximum Gasteiger partial charge on any atom is 0.250 e. The van der Waals surface area contributed by atoms with Crippen molar-refractivity contribution < 1.29 is 9.18 Å². The monoisotopic (exact) mass is 243 g/mol. The Bertz CT molecular complexity index is 615. The van der Waals surface area contributed by atoms with Crippen molar-refractivity contribution in [3.8, 4) is 0 Å². The molecule has 1 amide bonds. The lowest BCUT2D eigenvalue weighted by Crippen LogP contribution is -2.33. The number of nitrogens with zero attached hydrogens (tertiary/aromatic N) is 2. The predicted molar refractivity (Wildman–Crippen MR) is 65.4 cm³/mol. The van der Waals surface area contributed by atoms with Crippen LogP contribution < -0.4 is 10.4 Å². The minimum absolute atomic E-state index is 0.104. The van der Waals surface area contributed by atoms with Crippen molar-refractivity contribution >= 4 is 17.3 Å². The van der Waals surface area contributed by atoms with E-state index in [1.807, 2.05) is 24.3 Å². The van der Waals surface area contributed by atoms with Gasteiger partial charge in [-0.3, -0.25) is 15.2 Å². The first kappa shape index (κ1) is 10.7. The van der Waals surface area contributed by atoms with Gasteiger partial charge in [0.25, 0.3) is 0 Å². The van der Waals surface area contributed by atoms with E-state index in [0.29, 0.717) is 6.42 Å². The second kappa shape index (κ2) is 4.10. The minimum Gasteiger partial charge on any atom is -0.288 e. The molecule has 4 nitrogen and oxygen atoms in total. The molecule has 2 aromatic rings. The van der Waals surface area contributed by atoms with E-state index in [1.54, 1.807) is 0 Å². The normalized spacial score (nSPS) is 13.6. The molecule has 0 radical (unpaired) electrons. The smallest absolute Gasteiger partial charge is 0.250 e. The Kier molecular flexibility index (Phi) is 2.44. The van der Waals surface area contributed by atoms with Gasteiger partial charge in [0.05, 0.1) is 24.0 Å². The first-order valence-corrected chi connectivity index (χ1v) is 5.53. The molecule has 0 saturated heterocycles. The van der Waals surface area contributed by atoms with E-state index < -0.39 is 5.82 Å². The summed E-state index contributed by atoms with van der Waals surface area (Å²) in [6.07, 6.45) is 2.91. The van der Waals surface area contributed by atoms with Gasteiger partial charge in [0.15, 0.2) is 5.82 Å². The number of hydrogen-bond donors (Lipinski definition) is 1. The Hall–Kier alpha value is -2.43. The molecule has 5 heteroatoms. The van der Waals surface area contributed by atoms with Crippen molar-refractivity contribution in [2.45, 2.75) is 6.42 Å². The van der Waals surface area contributed by atoms with Crippen LogP contribution in [-0.2, 0) is 11.2 Å². The van der Waals surface area contributed by atoms with E-state index in [-0.39, 0.29) is 11.6 Å². The molecule has 0 atom stereocenters. The third-order valence-corrected chi connectivity index (χ3v) is 2.83. The first-order valence-electron chi connectivity index (χ1n) is 5.53. The fourth-order valence-electron chi connectivity index (χ4n) is 1.96. The van der Waals surface area contributed by atoms with E-state index >= 15 is 0 Å². The summed E-state index contributed by atoms with van der Waals surface area (Å²) in [5.74, 6) is -0.595. The van der Waals surface area contributed by atoms with Gasteiger partial charge in [0.1, 0.15) is 0 Å². The quantitative estimate of drug-likeness (QED) is 0.878. The maximum absolute atomic E-state index is 13.5. The number of amides is 1. The molecule has 3 rings (SSSR count). The van der Waals surface area contributed by atoms with Crippen molar-refractivity contribution in [3.63, 3.8) is 0 Å². The number of rotatable bonds is 2. The van der Waals surface area contributed by atoms with Gasteiger partial charge >= 0.3 is 0 Å². The molecule has 1 aliphatic rings. The molecule has 0 bridgehead atoms. The molecular weight excluding hydrogens is 233 g/mol. The van der Waals surface area contributed by atoms with Crippen LogP contribution in [0.4, 0.5) is 15.8 Å². The van der Waals surface area contributed by atoms with Gasteiger partial charge in [0, 0.05) is 6.20 Å². The summed E-state index contributed by atoms with van der Waals surface area (Å²) in [7, 11) is 0. The number of pyridine rings is 1. The topological polar surface area (TPSA) is 45.2 Å². The number of fused-ring (bicyclic) bond motifs is 1. The summed E-state index contributed by atoms with van der Waals surface area (Å²) in [6.45, 7) is 0. The van der Waals surface area contributed by atoms with Crippen molar-refractivity contribution in [1.29, 1.82) is 0 Å². The highest BCUT2D eigenvalue weighted by Crippen LogP contribution is 2.29. The van der Waals surface area contributed by atoms with Crippen molar-refractivity contribution in [2.75, 3.05) is 10.4 Å². The average Bonchev–Trinajstić information content (AvgIpc) is 2.69. The fraction of sp³-hybridized carbons (Fsp3) is 0.0769. The van der Waals surface area contributed by atoms with Gasteiger partial charge in [-0.1, -0.05) is 18.2 Å². The minimum atomic E-state index is -0.491. The molecule has 1 aromatic heterocycles. The standard InChI is InChI=1S/C13H10FN3O/c14-10-8-15-6-5-11(10)16-17-12-4-2-1-3-9(12)7-13(17)18/h1-6,8H,7H2,(H,15,16). The number of anilines is 2. The lowest BCUT2D eigenvalue weighted by molar-refractivity contribution is -0.117. The van der Waals surface area contributed by atoms with E-state index in [9.17, 15) is 9.18 Å². The first-order chi connectivity index (χ1) is 8.75. The van der Waals surface area contributed by atoms with Crippen molar-refractivity contribution in [2.24, 2.45) is 0 Å². The zero-order valence-electron chi connectivity index (χ0n) is 9.43. The van der Waals surface area contributed by atoms with Crippen molar-refractivity contribution in [1.82, 2.24) is 4.98 Å². The molecule has 90 valence electrons. The molecular formula is C13H10FN3O. The van der Waals surface area contributed by atoms with Gasteiger partial charge < -0.3 is 0 Å². The number of aromatic nitrogens is 1. The van der Waals surface area contributed by atoms with Crippen LogP contribution in [0.2, 0.25) is 0 Å². The van der Waals surface area contributed by atoms with Gasteiger partial charge in [-0.05, 0) is 17.7 Å². The second-order valence-electron chi connectivity index (χ2n) is 4.00. The highest BCUT2D eigenvalue weighted by atomic mass is 19.1. The molecule has 0 aliphatic carbocycles. The van der Waals surface area contributed by atoms with Crippen LogP contribution in [0.5, 0.6) is 0 Å². The number of hydrogen-bond acceptors (Lipinski definition) is 3. The van der Waals surface area contributed by atoms with Crippen LogP contribution in [0.1, 0.15) is 5.56 Å². The highest BCUT2D eigenvalue weighted by molar-refractivity contribution is 6.02. The summed E-state index contributed by atoms with van der Waals surface area (Å²) in [5.41, 5.74) is 4.71. The molecule has 1 aromatic carbocycles. The summed E-state index contributed by atoms with van der Waals surface area (Å²) >= 11 is 0. The van der Waals surface area contributed by atoms with Crippen LogP contribution in [0.25, 0.3) is 0 Å². The third-order valence-electron chi connectivity index (χ3n) is 2.83. The van der Waals surface area contributed by atoms with Crippen molar-refractivity contribution in [3.05, 3.63) is 54.1 Å². The Morgan fingerprint density at radius 2 is 2.11 bits per heavy atom. The largest absolute Gasteiger partial charge is 0.288 e. The van der Waals surface area contributed by atoms with Crippen LogP contribution in [0.3, 0.4) is 0 Å². The van der Waals surface area contributed by atoms with Crippen LogP contribution in [-0.4, -0.2) is 10.9 Å². The summed E-state index contributed by atoms with van der Waals surface area (Å²) < 4.78 is 13.5. The molecule has 1 N–H and O–H groups in total. The number of para-hydroxylation sites is 1. The summed E-state index contributed by atoms with van der Waals surface area (Å²) in [5, 5.41) is 1.37. The fourth-order valence-corrected chi connectivity index (χ4v) is 1.96. The molecule has 1 aliphatic heterocycles. The van der Waals surface area contributed by atoms with E-state index in [4.69, 9.17) is 0 Å². The van der Waals surface area contributed by atoms with Gasteiger partial charge in [-0.2, -0.15) is 0 Å². The lowest BCUT2D eigenvalue weighted by Gasteiger charge is -2.19. The Labute approximate surface area is 103 Å². The molecule has 0 unspecified atom stereocenters. The molecule has 18 heavy (non-hydrogen) atoms. The van der Waals surface area contributed by atoms with Gasteiger partial charge in [-0.25, -0.2) is 9.40 Å². The Morgan fingerprint density at radius 3 is 2.94 bits per heavy atom. The average molecular weight is 243 g/mol. The van der Waals surface area contributed by atoms with Gasteiger partial charge in [-0.15, -0.1) is 0 Å². The van der Waals surface area contributed by atoms with Crippen LogP contribution >= 0.6 is 0 Å². The number of carbonyl (C=O) groups is 1. The maximum atomic E-state index is 13.5. The molecule has 0 spiro atoms. The summed E-state index contributed by atoms with van der Waals surface area (Å²) in [4.78, 5) is 15.5. The highest BCUT2D eigenvalue weighted by Gasteiger charge is 2.27. The van der Waals surface area contributed by atoms with E-state index in [2.05, 4.69) is 10.4 Å². The Morgan fingerprint density at radius 1 is 1.28 bits per heavy atom. The number of benzene rings is 1.